The minimum Gasteiger partial charge on any atom is -0.495 e. The molecular formula is C20H28N4O4. The van der Waals surface area contributed by atoms with E-state index < -0.39 is 5.41 Å². The molecule has 0 radical (unpaired) electrons. The van der Waals surface area contributed by atoms with E-state index in [1.807, 2.05) is 4.90 Å². The van der Waals surface area contributed by atoms with Gasteiger partial charge in [-0.05, 0) is 18.9 Å². The first kappa shape index (κ1) is 19.1. The number of hydrogen-bond donors (Lipinski definition) is 0. The number of methoxy groups -OCH3 is 1. The maximum Gasteiger partial charge on any atom is 0.255 e. The summed E-state index contributed by atoms with van der Waals surface area (Å²) in [4.78, 5) is 36.2. The number of pyridine rings is 1. The topological polar surface area (TPSA) is 75.2 Å². The fourth-order valence-corrected chi connectivity index (χ4v) is 4.45. The van der Waals surface area contributed by atoms with E-state index in [0.29, 0.717) is 24.4 Å². The lowest BCUT2D eigenvalue weighted by Crippen LogP contribution is -2.43. The molecule has 1 aromatic rings. The fourth-order valence-electron chi connectivity index (χ4n) is 4.45. The zero-order valence-corrected chi connectivity index (χ0v) is 16.4. The molecule has 1 spiro atoms. The first-order valence-corrected chi connectivity index (χ1v) is 9.99. The van der Waals surface area contributed by atoms with Gasteiger partial charge in [0.25, 0.3) is 5.91 Å². The summed E-state index contributed by atoms with van der Waals surface area (Å²) in [5, 5.41) is 0. The summed E-state index contributed by atoms with van der Waals surface area (Å²) in [5.74, 6) is 0.689. The number of nitrogens with zero attached hydrogens (tertiary/aromatic N) is 4. The molecule has 0 saturated carbocycles. The summed E-state index contributed by atoms with van der Waals surface area (Å²) in [6.45, 7) is 6.95. The number of ether oxygens (including phenoxy) is 2. The van der Waals surface area contributed by atoms with Gasteiger partial charge in [-0.1, -0.05) is 0 Å². The Kier molecular flexibility index (Phi) is 5.50. The van der Waals surface area contributed by atoms with E-state index in [0.717, 1.165) is 58.8 Å². The Hall–Kier alpha value is -2.19. The summed E-state index contributed by atoms with van der Waals surface area (Å²) >= 11 is 0. The molecule has 0 aromatic carbocycles. The summed E-state index contributed by atoms with van der Waals surface area (Å²) < 4.78 is 10.5. The van der Waals surface area contributed by atoms with E-state index in [2.05, 4.69) is 9.88 Å². The van der Waals surface area contributed by atoms with E-state index in [9.17, 15) is 9.59 Å². The van der Waals surface area contributed by atoms with Crippen LogP contribution in [0.25, 0.3) is 0 Å². The van der Waals surface area contributed by atoms with Gasteiger partial charge in [0, 0.05) is 52.0 Å². The molecule has 0 bridgehead atoms. The van der Waals surface area contributed by atoms with Gasteiger partial charge < -0.3 is 19.3 Å². The molecule has 4 heterocycles. The van der Waals surface area contributed by atoms with Crippen LogP contribution in [0, 0.1) is 5.41 Å². The Morgan fingerprint density at radius 1 is 1.18 bits per heavy atom. The van der Waals surface area contributed by atoms with E-state index in [1.165, 1.54) is 0 Å². The smallest absolute Gasteiger partial charge is 0.255 e. The lowest BCUT2D eigenvalue weighted by atomic mass is 9.85. The van der Waals surface area contributed by atoms with Crippen molar-refractivity contribution in [2.24, 2.45) is 5.41 Å². The molecule has 8 nitrogen and oxygen atoms in total. The SMILES string of the molecule is COc1cncc(C(=O)N2CCC3(CCN(CCN4CCOCC4)C3=O)C2)c1. The second kappa shape index (κ2) is 8.05. The van der Waals surface area contributed by atoms with Crippen LogP contribution in [0.15, 0.2) is 18.5 Å². The van der Waals surface area contributed by atoms with Gasteiger partial charge in [0.2, 0.25) is 5.91 Å². The minimum atomic E-state index is -0.410. The summed E-state index contributed by atoms with van der Waals surface area (Å²) in [5.41, 5.74) is 0.0958. The number of morpholine rings is 1. The van der Waals surface area contributed by atoms with Crippen molar-refractivity contribution in [1.82, 2.24) is 19.7 Å². The molecule has 1 aromatic heterocycles. The van der Waals surface area contributed by atoms with Crippen molar-refractivity contribution in [3.8, 4) is 5.75 Å². The molecule has 28 heavy (non-hydrogen) atoms. The molecule has 3 aliphatic rings. The molecule has 3 saturated heterocycles. The van der Waals surface area contributed by atoms with Gasteiger partial charge in [-0.2, -0.15) is 0 Å². The van der Waals surface area contributed by atoms with Crippen molar-refractivity contribution >= 4 is 11.8 Å². The highest BCUT2D eigenvalue weighted by Gasteiger charge is 2.51. The molecular weight excluding hydrogens is 360 g/mol. The standard InChI is InChI=1S/C20H28N4O4/c1-27-17-12-16(13-21-14-17)18(25)24-5-3-20(15-24)2-4-23(19(20)26)7-6-22-8-10-28-11-9-22/h12-14H,2-11,15H2,1H3. The quantitative estimate of drug-likeness (QED) is 0.731. The second-order valence-electron chi connectivity index (χ2n) is 7.87. The maximum atomic E-state index is 13.1. The van der Waals surface area contributed by atoms with Crippen LogP contribution in [0.3, 0.4) is 0 Å². The molecule has 0 aliphatic carbocycles. The van der Waals surface area contributed by atoms with Gasteiger partial charge in [0.15, 0.2) is 0 Å². The van der Waals surface area contributed by atoms with E-state index in [1.54, 1.807) is 30.5 Å². The highest BCUT2D eigenvalue weighted by Crippen LogP contribution is 2.41. The van der Waals surface area contributed by atoms with Crippen molar-refractivity contribution in [3.05, 3.63) is 24.0 Å². The minimum absolute atomic E-state index is 0.0807. The average Bonchev–Trinajstić information content (AvgIpc) is 3.31. The van der Waals surface area contributed by atoms with Crippen LogP contribution in [-0.4, -0.2) is 97.6 Å². The number of likely N-dealkylation sites (tertiary alicyclic amines) is 2. The van der Waals surface area contributed by atoms with Crippen molar-refractivity contribution < 1.29 is 19.1 Å². The molecule has 3 aliphatic heterocycles. The summed E-state index contributed by atoms with van der Waals surface area (Å²) in [6.07, 6.45) is 4.70. The van der Waals surface area contributed by atoms with E-state index in [4.69, 9.17) is 9.47 Å². The molecule has 152 valence electrons. The summed E-state index contributed by atoms with van der Waals surface area (Å²) in [7, 11) is 1.55. The fraction of sp³-hybridized carbons (Fsp3) is 0.650. The van der Waals surface area contributed by atoms with Crippen molar-refractivity contribution in [2.75, 3.05) is 66.1 Å². The van der Waals surface area contributed by atoms with Crippen LogP contribution in [0.5, 0.6) is 5.75 Å². The Bertz CT molecular complexity index is 737. The van der Waals surface area contributed by atoms with Crippen LogP contribution < -0.4 is 4.74 Å². The largest absolute Gasteiger partial charge is 0.495 e. The Morgan fingerprint density at radius 2 is 1.96 bits per heavy atom. The van der Waals surface area contributed by atoms with Crippen LogP contribution >= 0.6 is 0 Å². The molecule has 0 N–H and O–H groups in total. The predicted molar refractivity (Wildman–Crippen MR) is 102 cm³/mol. The Balaban J connectivity index is 1.35. The highest BCUT2D eigenvalue weighted by atomic mass is 16.5. The molecule has 1 atom stereocenters. The van der Waals surface area contributed by atoms with Gasteiger partial charge in [0.1, 0.15) is 5.75 Å². The first-order chi connectivity index (χ1) is 13.6. The van der Waals surface area contributed by atoms with E-state index >= 15 is 0 Å². The third-order valence-corrected chi connectivity index (χ3v) is 6.23. The number of carbonyl (C=O) groups is 2. The Morgan fingerprint density at radius 3 is 2.75 bits per heavy atom. The van der Waals surface area contributed by atoms with E-state index in [-0.39, 0.29) is 11.8 Å². The lowest BCUT2D eigenvalue weighted by Gasteiger charge is -2.29. The zero-order chi connectivity index (χ0) is 19.6. The van der Waals surface area contributed by atoms with Crippen LogP contribution in [0.4, 0.5) is 0 Å². The van der Waals surface area contributed by atoms with Gasteiger partial charge >= 0.3 is 0 Å². The highest BCUT2D eigenvalue weighted by molar-refractivity contribution is 5.95. The molecule has 1 unspecified atom stereocenters. The van der Waals surface area contributed by atoms with Gasteiger partial charge in [-0.25, -0.2) is 0 Å². The first-order valence-electron chi connectivity index (χ1n) is 9.99. The van der Waals surface area contributed by atoms with Crippen molar-refractivity contribution in [1.29, 1.82) is 0 Å². The second-order valence-corrected chi connectivity index (χ2v) is 7.87. The zero-order valence-electron chi connectivity index (χ0n) is 16.4. The molecule has 4 rings (SSSR count). The monoisotopic (exact) mass is 388 g/mol. The maximum absolute atomic E-state index is 13.1. The third kappa shape index (κ3) is 3.71. The average molecular weight is 388 g/mol. The third-order valence-electron chi connectivity index (χ3n) is 6.23. The lowest BCUT2D eigenvalue weighted by molar-refractivity contribution is -0.135. The summed E-state index contributed by atoms with van der Waals surface area (Å²) in [6, 6.07) is 1.70. The molecule has 2 amide bonds. The molecule has 3 fully saturated rings. The van der Waals surface area contributed by atoms with Crippen LogP contribution in [-0.2, 0) is 9.53 Å². The number of amides is 2. The van der Waals surface area contributed by atoms with Crippen molar-refractivity contribution in [3.63, 3.8) is 0 Å². The molecule has 8 heteroatoms. The Labute approximate surface area is 165 Å². The number of aromatic nitrogens is 1. The number of carbonyl (C=O) groups excluding carboxylic acids is 2. The van der Waals surface area contributed by atoms with Crippen molar-refractivity contribution in [2.45, 2.75) is 12.8 Å². The van der Waals surface area contributed by atoms with Crippen LogP contribution in [0.1, 0.15) is 23.2 Å². The normalized spacial score (nSPS) is 25.7. The predicted octanol–water partition coefficient (Wildman–Crippen LogP) is 0.487. The van der Waals surface area contributed by atoms with Gasteiger partial charge in [-0.3, -0.25) is 19.5 Å². The number of rotatable bonds is 5. The van der Waals surface area contributed by atoms with Gasteiger partial charge in [0.05, 0.1) is 37.5 Å². The number of hydrogen-bond acceptors (Lipinski definition) is 6. The van der Waals surface area contributed by atoms with Crippen LogP contribution in [0.2, 0.25) is 0 Å². The van der Waals surface area contributed by atoms with Gasteiger partial charge in [-0.15, -0.1) is 0 Å².